The molecule has 15 nitrogen and oxygen atoms in total. The smallest absolute Gasteiger partial charge is 0.408 e. The highest BCUT2D eigenvalue weighted by Crippen LogP contribution is 2.66. The van der Waals surface area contributed by atoms with Crippen LogP contribution in [0.15, 0.2) is 29.5 Å². The molecule has 6 rings (SSSR count). The Morgan fingerprint density at radius 1 is 1.18 bits per heavy atom. The second-order valence-electron chi connectivity index (χ2n) is 17.8. The first-order valence-corrected chi connectivity index (χ1v) is 18.8. The number of nitrogens with zero attached hydrogens (tertiary/aromatic N) is 2. The van der Waals surface area contributed by atoms with Gasteiger partial charge in [0.1, 0.15) is 47.1 Å². The summed E-state index contributed by atoms with van der Waals surface area (Å²) in [5.74, 6) is -3.66. The molecular weight excluding hydrogens is 721 g/mol. The minimum Gasteiger partial charge on any atom is -0.456 e. The molecule has 16 heteroatoms. The van der Waals surface area contributed by atoms with Crippen molar-refractivity contribution in [3.63, 3.8) is 0 Å². The summed E-state index contributed by atoms with van der Waals surface area (Å²) in [6.07, 6.45) is -6.98. The number of pyridine rings is 1. The van der Waals surface area contributed by atoms with Crippen molar-refractivity contribution < 1.29 is 62.5 Å². The molecule has 3 heterocycles. The monoisotopic (exact) mass is 777 g/mol. The fourth-order valence-electron chi connectivity index (χ4n) is 9.89. The van der Waals surface area contributed by atoms with Gasteiger partial charge in [0, 0.05) is 42.8 Å². The number of hydrogen-bond acceptors (Lipinski definition) is 14. The van der Waals surface area contributed by atoms with E-state index in [0.717, 1.165) is 6.07 Å². The lowest BCUT2D eigenvalue weighted by Gasteiger charge is -2.67. The van der Waals surface area contributed by atoms with Crippen molar-refractivity contribution in [2.75, 3.05) is 27.2 Å². The number of hydrogen-bond donors (Lipinski definition) is 4. The first-order chi connectivity index (χ1) is 25.5. The molecule has 306 valence electrons. The third kappa shape index (κ3) is 6.95. The summed E-state index contributed by atoms with van der Waals surface area (Å²) >= 11 is 0. The first kappa shape index (κ1) is 41.4. The molecule has 0 radical (unpaired) electrons. The number of aliphatic hydroxyl groups is 3. The van der Waals surface area contributed by atoms with Crippen LogP contribution < -0.4 is 5.32 Å². The van der Waals surface area contributed by atoms with Crippen molar-refractivity contribution in [3.05, 3.63) is 41.0 Å². The lowest BCUT2D eigenvalue weighted by atomic mass is 9.45. The van der Waals surface area contributed by atoms with Gasteiger partial charge in [0.2, 0.25) is 0 Å². The molecule has 55 heavy (non-hydrogen) atoms. The molecule has 1 aromatic rings. The number of fused-ring (bicyclic) bond motifs is 8. The molecule has 1 aromatic heterocycles. The second kappa shape index (κ2) is 14.3. The predicted molar refractivity (Wildman–Crippen MR) is 191 cm³/mol. The molecule has 3 aliphatic carbocycles. The normalized spacial score (nSPS) is 37.5. The van der Waals surface area contributed by atoms with E-state index in [1.165, 1.54) is 19.2 Å². The van der Waals surface area contributed by atoms with Gasteiger partial charge in [-0.15, -0.1) is 0 Å². The Balaban J connectivity index is 1.44. The van der Waals surface area contributed by atoms with Crippen LogP contribution >= 0.6 is 0 Å². The zero-order chi connectivity index (χ0) is 40.6. The summed E-state index contributed by atoms with van der Waals surface area (Å²) in [5, 5.41) is 39.7. The third-order valence-corrected chi connectivity index (χ3v) is 12.4. The summed E-state index contributed by atoms with van der Waals surface area (Å²) < 4.78 is 52.0. The van der Waals surface area contributed by atoms with Gasteiger partial charge < -0.3 is 54.0 Å². The van der Waals surface area contributed by atoms with Gasteiger partial charge >= 0.3 is 18.0 Å². The standard InChI is InChI=1S/C39H56FN3O12/c1-19-22(51-33(47)28(45)27(26-21(40)12-11-15-41-26)42-34(48)55-35(3,4)5)16-39(49)31(46)30-37(8,14-13-23-38(30,18-50-23)54-20(2)44)32-29(25(19)36(39,6)7)52-24(53-32)17-43(9)10/h11-12,15,22-24,27-32,45-46,49H,13-14,16-18H2,1-10H3,(H,42,48)/t22-,23+,24+,27-,28+,29+,30-,31-,32+,37+,38-,39+/m0/s1. The van der Waals surface area contributed by atoms with Crippen LogP contribution in [0.5, 0.6) is 0 Å². The van der Waals surface area contributed by atoms with Crippen molar-refractivity contribution >= 4 is 18.0 Å². The quantitative estimate of drug-likeness (QED) is 0.171. The number of carbonyl (C=O) groups excluding carboxylic acids is 3. The molecule has 2 saturated heterocycles. The number of rotatable bonds is 8. The Morgan fingerprint density at radius 3 is 2.45 bits per heavy atom. The number of amides is 1. The van der Waals surface area contributed by atoms with Gasteiger partial charge in [-0.2, -0.15) is 0 Å². The van der Waals surface area contributed by atoms with Crippen molar-refractivity contribution in [1.29, 1.82) is 0 Å². The van der Waals surface area contributed by atoms with E-state index in [4.69, 9.17) is 28.4 Å². The number of nitrogens with one attached hydrogen (secondary N) is 1. The van der Waals surface area contributed by atoms with Crippen LogP contribution in [-0.4, -0.2) is 130 Å². The number of aromatic nitrogens is 1. The predicted octanol–water partition coefficient (Wildman–Crippen LogP) is 2.70. The Hall–Kier alpha value is -3.25. The lowest BCUT2D eigenvalue weighted by Crippen LogP contribution is -2.79. The summed E-state index contributed by atoms with van der Waals surface area (Å²) in [5.41, 5.74) is -5.86. The number of alkyl carbamates (subject to hydrolysis) is 1. The number of aliphatic hydroxyl groups excluding tert-OH is 2. The topological polar surface area (TPSA) is 195 Å². The molecule has 0 aromatic carbocycles. The molecule has 5 aliphatic rings. The summed E-state index contributed by atoms with van der Waals surface area (Å²) in [6.45, 7) is 13.8. The van der Waals surface area contributed by atoms with Gasteiger partial charge in [-0.1, -0.05) is 20.8 Å². The van der Waals surface area contributed by atoms with Gasteiger partial charge in [-0.25, -0.2) is 14.0 Å². The van der Waals surface area contributed by atoms with Gasteiger partial charge in [0.05, 0.1) is 18.8 Å². The number of esters is 2. The molecule has 0 spiro atoms. The molecule has 0 unspecified atom stereocenters. The van der Waals surface area contributed by atoms with Crippen LogP contribution in [-0.2, 0) is 38.0 Å². The molecule has 2 aliphatic heterocycles. The zero-order valence-electron chi connectivity index (χ0n) is 33.3. The summed E-state index contributed by atoms with van der Waals surface area (Å²) in [4.78, 5) is 45.5. The fourth-order valence-corrected chi connectivity index (χ4v) is 9.89. The van der Waals surface area contributed by atoms with E-state index in [0.29, 0.717) is 30.5 Å². The van der Waals surface area contributed by atoms with Crippen molar-refractivity contribution in [2.45, 2.75) is 140 Å². The van der Waals surface area contributed by atoms with Crippen LogP contribution in [0.25, 0.3) is 0 Å². The number of likely N-dealkylation sites (N-methyl/N-ethyl adjacent to an activating group) is 1. The van der Waals surface area contributed by atoms with Crippen LogP contribution in [0.4, 0.5) is 9.18 Å². The van der Waals surface area contributed by atoms with Crippen molar-refractivity contribution in [1.82, 2.24) is 15.2 Å². The van der Waals surface area contributed by atoms with Gasteiger partial charge in [-0.3, -0.25) is 9.78 Å². The largest absolute Gasteiger partial charge is 0.456 e. The van der Waals surface area contributed by atoms with E-state index in [1.54, 1.807) is 41.5 Å². The molecule has 4 fully saturated rings. The molecule has 12 atom stereocenters. The maximum Gasteiger partial charge on any atom is 0.408 e. The number of halogens is 1. The van der Waals surface area contributed by atoms with E-state index in [2.05, 4.69) is 10.3 Å². The van der Waals surface area contributed by atoms with Crippen LogP contribution in [0.2, 0.25) is 0 Å². The molecule has 1 amide bonds. The average Bonchev–Trinajstić information content (AvgIpc) is 3.46. The van der Waals surface area contributed by atoms with Crippen LogP contribution in [0.1, 0.15) is 86.4 Å². The maximum absolute atomic E-state index is 15.1. The molecule has 4 N–H and O–H groups in total. The molecule has 2 bridgehead atoms. The van der Waals surface area contributed by atoms with Gasteiger partial charge in [0.15, 0.2) is 18.0 Å². The Labute approximate surface area is 320 Å². The average molecular weight is 778 g/mol. The number of ether oxygens (including phenoxy) is 6. The van der Waals surface area contributed by atoms with E-state index in [-0.39, 0.29) is 13.0 Å². The van der Waals surface area contributed by atoms with Crippen molar-refractivity contribution in [3.8, 4) is 0 Å². The maximum atomic E-state index is 15.1. The van der Waals surface area contributed by atoms with E-state index >= 15 is 4.39 Å². The summed E-state index contributed by atoms with van der Waals surface area (Å²) in [6, 6.07) is 0.645. The molecule has 2 saturated carbocycles. The number of carbonyl (C=O) groups is 3. The van der Waals surface area contributed by atoms with Crippen LogP contribution in [0.3, 0.4) is 0 Å². The SMILES string of the molecule is CC(=O)O[C@@]12CO[C@@H]1CC[C@@]1(C)[C@@H]3O[C@H](CN(C)C)O[C@@H]3C3=C(C)[C@@H](OC(=O)[C@H](O)[C@@H](NC(=O)OC(C)(C)C)c4ncccc4F)C[C@@](O)([C@@H](O)[C@@H]12)C3(C)C. The summed E-state index contributed by atoms with van der Waals surface area (Å²) in [7, 11) is 3.76. The fraction of sp³-hybridized carbons (Fsp3) is 0.744. The second-order valence-corrected chi connectivity index (χ2v) is 17.8. The first-order valence-electron chi connectivity index (χ1n) is 18.8. The molecular formula is C39H56FN3O12. The third-order valence-electron chi connectivity index (χ3n) is 12.4. The van der Waals surface area contributed by atoms with Gasteiger partial charge in [-0.05, 0) is 77.9 Å². The Bertz CT molecular complexity index is 1720. The lowest BCUT2D eigenvalue weighted by molar-refractivity contribution is -0.346. The van der Waals surface area contributed by atoms with E-state index in [9.17, 15) is 29.7 Å². The Kier molecular flexibility index (Phi) is 10.8. The van der Waals surface area contributed by atoms with Crippen LogP contribution in [0, 0.1) is 22.6 Å². The highest BCUT2D eigenvalue weighted by molar-refractivity contribution is 5.78. The van der Waals surface area contributed by atoms with E-state index in [1.807, 2.05) is 25.9 Å². The minimum atomic E-state index is -2.20. The minimum absolute atomic E-state index is 0.00705. The van der Waals surface area contributed by atoms with Crippen molar-refractivity contribution in [2.24, 2.45) is 16.7 Å². The Morgan fingerprint density at radius 2 is 1.87 bits per heavy atom. The highest BCUT2D eigenvalue weighted by atomic mass is 19.1. The van der Waals surface area contributed by atoms with Gasteiger partial charge in [0.25, 0.3) is 0 Å². The zero-order valence-corrected chi connectivity index (χ0v) is 33.3. The highest BCUT2D eigenvalue weighted by Gasteiger charge is 2.76. The van der Waals surface area contributed by atoms with E-state index < -0.39 is 112 Å².